The molecular formula is C16H24O. The van der Waals surface area contributed by atoms with E-state index in [0.29, 0.717) is 11.8 Å². The van der Waals surface area contributed by atoms with Gasteiger partial charge in [0.05, 0.1) is 5.60 Å². The number of hydrogen-bond donors (Lipinski definition) is 1. The van der Waals surface area contributed by atoms with Crippen molar-refractivity contribution < 1.29 is 5.11 Å². The fourth-order valence-electron chi connectivity index (χ4n) is 3.46. The van der Waals surface area contributed by atoms with Crippen LogP contribution in [0.15, 0.2) is 24.3 Å². The van der Waals surface area contributed by atoms with Crippen LogP contribution in [0.1, 0.15) is 44.2 Å². The maximum Gasteiger partial charge on any atom is 0.0693 e. The molecule has 1 N–H and O–H groups in total. The summed E-state index contributed by atoms with van der Waals surface area (Å²) in [7, 11) is 0. The van der Waals surface area contributed by atoms with Gasteiger partial charge in [-0.15, -0.1) is 0 Å². The van der Waals surface area contributed by atoms with Gasteiger partial charge in [0.25, 0.3) is 0 Å². The van der Waals surface area contributed by atoms with Gasteiger partial charge in [0.1, 0.15) is 0 Å². The summed E-state index contributed by atoms with van der Waals surface area (Å²) in [6, 6.07) is 8.57. The Labute approximate surface area is 105 Å². The topological polar surface area (TPSA) is 20.2 Å². The van der Waals surface area contributed by atoms with Gasteiger partial charge >= 0.3 is 0 Å². The van der Waals surface area contributed by atoms with Crippen molar-refractivity contribution in [3.63, 3.8) is 0 Å². The smallest absolute Gasteiger partial charge is 0.0693 e. The molecule has 0 heterocycles. The minimum Gasteiger partial charge on any atom is -0.390 e. The van der Waals surface area contributed by atoms with Crippen LogP contribution in [0.25, 0.3) is 0 Å². The van der Waals surface area contributed by atoms with Crippen molar-refractivity contribution in [3.8, 4) is 0 Å². The Hall–Kier alpha value is -0.820. The van der Waals surface area contributed by atoms with Gasteiger partial charge in [0.15, 0.2) is 0 Å². The molecule has 0 aliphatic heterocycles. The predicted molar refractivity (Wildman–Crippen MR) is 72.0 cm³/mol. The molecule has 1 saturated carbocycles. The third-order valence-corrected chi connectivity index (χ3v) is 3.92. The first kappa shape index (κ1) is 12.6. The number of rotatable bonds is 2. The molecule has 2 atom stereocenters. The summed E-state index contributed by atoms with van der Waals surface area (Å²) >= 11 is 0. The Bertz CT molecular complexity index is 356. The van der Waals surface area contributed by atoms with Gasteiger partial charge in [-0.1, -0.05) is 43.7 Å². The first-order valence-corrected chi connectivity index (χ1v) is 6.75. The van der Waals surface area contributed by atoms with Gasteiger partial charge < -0.3 is 5.11 Å². The van der Waals surface area contributed by atoms with Crippen LogP contribution < -0.4 is 0 Å². The molecule has 0 saturated heterocycles. The van der Waals surface area contributed by atoms with Gasteiger partial charge in [-0.2, -0.15) is 0 Å². The van der Waals surface area contributed by atoms with E-state index in [0.717, 1.165) is 19.3 Å². The van der Waals surface area contributed by atoms with E-state index in [-0.39, 0.29) is 0 Å². The van der Waals surface area contributed by atoms with E-state index < -0.39 is 5.60 Å². The van der Waals surface area contributed by atoms with Crippen molar-refractivity contribution in [2.75, 3.05) is 0 Å². The molecule has 0 amide bonds. The van der Waals surface area contributed by atoms with E-state index in [2.05, 4.69) is 45.0 Å². The average Bonchev–Trinajstić information content (AvgIpc) is 2.19. The highest BCUT2D eigenvalue weighted by atomic mass is 16.3. The fraction of sp³-hybridized carbons (Fsp3) is 0.625. The summed E-state index contributed by atoms with van der Waals surface area (Å²) in [6.45, 7) is 6.62. The Morgan fingerprint density at radius 2 is 1.65 bits per heavy atom. The second-order valence-electron chi connectivity index (χ2n) is 6.24. The highest BCUT2D eigenvalue weighted by molar-refractivity contribution is 5.23. The second kappa shape index (κ2) is 4.81. The van der Waals surface area contributed by atoms with Crippen molar-refractivity contribution in [2.45, 2.75) is 52.1 Å². The minimum absolute atomic E-state index is 0.480. The molecule has 1 aromatic rings. The maximum absolute atomic E-state index is 10.7. The lowest BCUT2D eigenvalue weighted by atomic mass is 9.71. The van der Waals surface area contributed by atoms with E-state index in [4.69, 9.17) is 0 Å². The minimum atomic E-state index is -0.480. The van der Waals surface area contributed by atoms with Crippen molar-refractivity contribution >= 4 is 0 Å². The summed E-state index contributed by atoms with van der Waals surface area (Å²) in [5.41, 5.74) is 2.07. The highest BCUT2D eigenvalue weighted by Gasteiger charge is 2.35. The molecule has 0 bridgehead atoms. The summed E-state index contributed by atoms with van der Waals surface area (Å²) < 4.78 is 0. The van der Waals surface area contributed by atoms with Crippen molar-refractivity contribution in [3.05, 3.63) is 35.4 Å². The number of aliphatic hydroxyl groups is 1. The third kappa shape index (κ3) is 3.32. The van der Waals surface area contributed by atoms with E-state index in [9.17, 15) is 5.11 Å². The zero-order chi connectivity index (χ0) is 12.5. The molecule has 1 aromatic carbocycles. The fourth-order valence-corrected chi connectivity index (χ4v) is 3.46. The molecule has 17 heavy (non-hydrogen) atoms. The van der Waals surface area contributed by atoms with Gasteiger partial charge in [0.2, 0.25) is 0 Å². The molecule has 0 aromatic heterocycles. The zero-order valence-electron chi connectivity index (χ0n) is 11.2. The van der Waals surface area contributed by atoms with E-state index in [1.54, 1.807) is 0 Å². The Morgan fingerprint density at radius 3 is 2.18 bits per heavy atom. The normalized spacial score (nSPS) is 33.6. The number of aryl methyl sites for hydroxylation is 1. The number of benzene rings is 1. The summed E-state index contributed by atoms with van der Waals surface area (Å²) in [5, 5.41) is 10.7. The van der Waals surface area contributed by atoms with Crippen LogP contribution in [0, 0.1) is 18.8 Å². The van der Waals surface area contributed by atoms with E-state index in [1.807, 2.05) is 0 Å². The molecule has 2 unspecified atom stereocenters. The van der Waals surface area contributed by atoms with Crippen molar-refractivity contribution in [1.29, 1.82) is 0 Å². The highest BCUT2D eigenvalue weighted by Crippen LogP contribution is 2.37. The van der Waals surface area contributed by atoms with Crippen LogP contribution in [0.4, 0.5) is 0 Å². The molecule has 2 rings (SSSR count). The van der Waals surface area contributed by atoms with Crippen molar-refractivity contribution in [2.24, 2.45) is 11.8 Å². The standard InChI is InChI=1S/C16H24O/c1-12-4-6-15(7-5-12)11-16(17)9-13(2)8-14(3)10-16/h4-7,13-14,17H,8-11H2,1-3H3. The van der Waals surface area contributed by atoms with Crippen LogP contribution in [-0.4, -0.2) is 10.7 Å². The van der Waals surface area contributed by atoms with Crippen LogP contribution >= 0.6 is 0 Å². The summed E-state index contributed by atoms with van der Waals surface area (Å²) in [4.78, 5) is 0. The molecule has 1 fully saturated rings. The Morgan fingerprint density at radius 1 is 1.12 bits per heavy atom. The summed E-state index contributed by atoms with van der Waals surface area (Å²) in [5.74, 6) is 1.29. The van der Waals surface area contributed by atoms with Gasteiger partial charge in [-0.3, -0.25) is 0 Å². The first-order chi connectivity index (χ1) is 7.97. The van der Waals surface area contributed by atoms with Crippen LogP contribution in [0.3, 0.4) is 0 Å². The largest absolute Gasteiger partial charge is 0.390 e. The average molecular weight is 232 g/mol. The monoisotopic (exact) mass is 232 g/mol. The molecule has 0 spiro atoms. The number of hydrogen-bond acceptors (Lipinski definition) is 1. The zero-order valence-corrected chi connectivity index (χ0v) is 11.2. The van der Waals surface area contributed by atoms with Crippen molar-refractivity contribution in [1.82, 2.24) is 0 Å². The Kier molecular flexibility index (Phi) is 3.58. The third-order valence-electron chi connectivity index (χ3n) is 3.92. The second-order valence-corrected chi connectivity index (χ2v) is 6.24. The molecule has 1 aliphatic carbocycles. The van der Waals surface area contributed by atoms with Gasteiger partial charge in [-0.05, 0) is 43.6 Å². The van der Waals surface area contributed by atoms with Crippen LogP contribution in [0.2, 0.25) is 0 Å². The molecule has 94 valence electrons. The van der Waals surface area contributed by atoms with Crippen LogP contribution in [0.5, 0.6) is 0 Å². The SMILES string of the molecule is Cc1ccc(CC2(O)CC(C)CC(C)C2)cc1. The first-order valence-electron chi connectivity index (χ1n) is 6.75. The lowest BCUT2D eigenvalue weighted by molar-refractivity contribution is -0.0304. The molecule has 1 nitrogen and oxygen atoms in total. The molecule has 1 aliphatic rings. The molecule has 1 heteroatoms. The predicted octanol–water partition coefficient (Wildman–Crippen LogP) is 3.72. The maximum atomic E-state index is 10.7. The van der Waals surface area contributed by atoms with Crippen LogP contribution in [-0.2, 0) is 6.42 Å². The quantitative estimate of drug-likeness (QED) is 0.824. The molecular weight excluding hydrogens is 208 g/mol. The summed E-state index contributed by atoms with van der Waals surface area (Å²) in [6.07, 6.45) is 3.97. The van der Waals surface area contributed by atoms with Gasteiger partial charge in [0, 0.05) is 6.42 Å². The van der Waals surface area contributed by atoms with Gasteiger partial charge in [-0.25, -0.2) is 0 Å². The molecule has 0 radical (unpaired) electrons. The van der Waals surface area contributed by atoms with E-state index in [1.165, 1.54) is 17.5 Å². The van der Waals surface area contributed by atoms with E-state index >= 15 is 0 Å². The Balaban J connectivity index is 2.08. The lowest BCUT2D eigenvalue weighted by Crippen LogP contribution is -2.39. The lowest BCUT2D eigenvalue weighted by Gasteiger charge is -2.39.